The van der Waals surface area contributed by atoms with Crippen LogP contribution in [0.5, 0.6) is 0 Å². The number of anilines is 1. The molecule has 0 bridgehead atoms. The lowest BCUT2D eigenvalue weighted by Gasteiger charge is -2.06. The number of aromatic nitrogens is 1. The van der Waals surface area contributed by atoms with Crippen LogP contribution < -0.4 is 5.73 Å². The Kier molecular flexibility index (Phi) is 2.25. The predicted octanol–water partition coefficient (Wildman–Crippen LogP) is 2.59. The van der Waals surface area contributed by atoms with E-state index in [9.17, 15) is 0 Å². The molecule has 0 aliphatic rings. The zero-order chi connectivity index (χ0) is 8.59. The summed E-state index contributed by atoms with van der Waals surface area (Å²) < 4.78 is 0. The molecule has 0 aliphatic heterocycles. The van der Waals surface area contributed by atoms with Crippen molar-refractivity contribution in [2.45, 2.75) is 13.8 Å². The van der Waals surface area contributed by atoms with Gasteiger partial charge in [-0.3, -0.25) is 0 Å². The quantitative estimate of drug-likeness (QED) is 0.640. The van der Waals surface area contributed by atoms with Crippen LogP contribution in [0.15, 0.2) is 0 Å². The van der Waals surface area contributed by atoms with E-state index >= 15 is 0 Å². The Bertz CT molecular complexity index is 271. The Morgan fingerprint density at radius 1 is 1.09 bits per heavy atom. The van der Waals surface area contributed by atoms with Gasteiger partial charge in [0.2, 0.25) is 0 Å². The molecule has 0 spiro atoms. The topological polar surface area (TPSA) is 38.9 Å². The molecule has 0 fully saturated rings. The van der Waals surface area contributed by atoms with Crippen molar-refractivity contribution >= 4 is 28.9 Å². The van der Waals surface area contributed by atoms with E-state index in [-0.39, 0.29) is 0 Å². The summed E-state index contributed by atoms with van der Waals surface area (Å²) in [7, 11) is 0. The van der Waals surface area contributed by atoms with Gasteiger partial charge in [0.15, 0.2) is 0 Å². The van der Waals surface area contributed by atoms with Gasteiger partial charge < -0.3 is 5.73 Å². The molecule has 0 saturated carbocycles. The van der Waals surface area contributed by atoms with Crippen LogP contribution in [0.2, 0.25) is 10.3 Å². The van der Waals surface area contributed by atoms with E-state index in [4.69, 9.17) is 28.9 Å². The van der Waals surface area contributed by atoms with Gasteiger partial charge in [0.25, 0.3) is 0 Å². The summed E-state index contributed by atoms with van der Waals surface area (Å²) in [6.07, 6.45) is 0. The monoisotopic (exact) mass is 190 g/mol. The molecule has 11 heavy (non-hydrogen) atoms. The summed E-state index contributed by atoms with van der Waals surface area (Å²) in [6.45, 7) is 3.63. The molecule has 4 heteroatoms. The van der Waals surface area contributed by atoms with Gasteiger partial charge in [0, 0.05) is 16.8 Å². The van der Waals surface area contributed by atoms with Gasteiger partial charge >= 0.3 is 0 Å². The van der Waals surface area contributed by atoms with Crippen molar-refractivity contribution < 1.29 is 0 Å². The standard InChI is InChI=1S/C7H8Cl2N2/c1-3-5(10)4(2)7(9)11-6(3)8/h1-2H3,(H2,10,11). The first-order valence-electron chi connectivity index (χ1n) is 3.11. The SMILES string of the molecule is Cc1c(Cl)nc(Cl)c(C)c1N. The molecule has 0 aromatic carbocycles. The van der Waals surface area contributed by atoms with Crippen molar-refractivity contribution in [3.05, 3.63) is 21.4 Å². The Hall–Kier alpha value is -0.470. The van der Waals surface area contributed by atoms with Crippen LogP contribution in [0.3, 0.4) is 0 Å². The highest BCUT2D eigenvalue weighted by atomic mass is 35.5. The van der Waals surface area contributed by atoms with E-state index in [1.165, 1.54) is 0 Å². The molecule has 1 aromatic rings. The summed E-state index contributed by atoms with van der Waals surface area (Å²) in [6, 6.07) is 0. The molecule has 0 radical (unpaired) electrons. The first kappa shape index (κ1) is 8.62. The summed E-state index contributed by atoms with van der Waals surface area (Å²) >= 11 is 11.4. The van der Waals surface area contributed by atoms with E-state index < -0.39 is 0 Å². The summed E-state index contributed by atoms with van der Waals surface area (Å²) in [5, 5.41) is 0.746. The molecule has 1 aromatic heterocycles. The zero-order valence-corrected chi connectivity index (χ0v) is 7.79. The van der Waals surface area contributed by atoms with E-state index in [2.05, 4.69) is 4.98 Å². The van der Waals surface area contributed by atoms with E-state index in [1.807, 2.05) is 13.8 Å². The zero-order valence-electron chi connectivity index (χ0n) is 6.28. The Balaban J connectivity index is 3.46. The normalized spacial score (nSPS) is 10.2. The van der Waals surface area contributed by atoms with Gasteiger partial charge in [0.05, 0.1) is 0 Å². The third-order valence-corrected chi connectivity index (χ3v) is 2.36. The highest BCUT2D eigenvalue weighted by molar-refractivity contribution is 6.33. The number of hydrogen-bond donors (Lipinski definition) is 1. The fourth-order valence-corrected chi connectivity index (χ4v) is 1.17. The summed E-state index contributed by atoms with van der Waals surface area (Å²) in [5.74, 6) is 0. The first-order chi connectivity index (χ1) is 5.04. The third-order valence-electron chi connectivity index (χ3n) is 1.62. The molecule has 0 atom stereocenters. The van der Waals surface area contributed by atoms with Crippen molar-refractivity contribution in [3.8, 4) is 0 Å². The third kappa shape index (κ3) is 1.42. The van der Waals surface area contributed by atoms with Crippen LogP contribution >= 0.6 is 23.2 Å². The highest BCUT2D eigenvalue weighted by Gasteiger charge is 2.07. The summed E-state index contributed by atoms with van der Waals surface area (Å²) in [4.78, 5) is 3.88. The molecule has 2 nitrogen and oxygen atoms in total. The molecule has 0 amide bonds. The minimum Gasteiger partial charge on any atom is -0.398 e. The molecule has 2 N–H and O–H groups in total. The maximum absolute atomic E-state index is 5.72. The number of halogens is 2. The van der Waals surface area contributed by atoms with Crippen molar-refractivity contribution in [2.75, 3.05) is 5.73 Å². The Labute approximate surface area is 75.3 Å². The Morgan fingerprint density at radius 2 is 1.45 bits per heavy atom. The number of nitrogens with two attached hydrogens (primary N) is 1. The van der Waals surface area contributed by atoms with Crippen molar-refractivity contribution in [3.63, 3.8) is 0 Å². The molecular weight excluding hydrogens is 183 g/mol. The van der Waals surface area contributed by atoms with Crippen LogP contribution in [0.1, 0.15) is 11.1 Å². The second kappa shape index (κ2) is 2.88. The second-order valence-corrected chi connectivity index (χ2v) is 3.07. The first-order valence-corrected chi connectivity index (χ1v) is 3.87. The van der Waals surface area contributed by atoms with Crippen LogP contribution in [-0.4, -0.2) is 4.98 Å². The molecule has 0 unspecified atom stereocenters. The van der Waals surface area contributed by atoms with E-state index in [0.717, 1.165) is 11.1 Å². The molecule has 0 saturated heterocycles. The maximum Gasteiger partial charge on any atom is 0.135 e. The van der Waals surface area contributed by atoms with Gasteiger partial charge in [-0.25, -0.2) is 4.98 Å². The van der Waals surface area contributed by atoms with Crippen LogP contribution in [0.25, 0.3) is 0 Å². The highest BCUT2D eigenvalue weighted by Crippen LogP contribution is 2.27. The smallest absolute Gasteiger partial charge is 0.135 e. The average Bonchev–Trinajstić information content (AvgIpc) is 1.97. The van der Waals surface area contributed by atoms with Gasteiger partial charge in [0.1, 0.15) is 10.3 Å². The molecule has 1 rings (SSSR count). The van der Waals surface area contributed by atoms with Crippen LogP contribution in [0, 0.1) is 13.8 Å². The van der Waals surface area contributed by atoms with Crippen molar-refractivity contribution in [1.29, 1.82) is 0 Å². The van der Waals surface area contributed by atoms with Gasteiger partial charge in [-0.15, -0.1) is 0 Å². The van der Waals surface area contributed by atoms with Gasteiger partial charge in [-0.1, -0.05) is 23.2 Å². The van der Waals surface area contributed by atoms with Crippen molar-refractivity contribution in [2.24, 2.45) is 0 Å². The lowest BCUT2D eigenvalue weighted by Crippen LogP contribution is -1.97. The lowest BCUT2D eigenvalue weighted by atomic mass is 10.2. The van der Waals surface area contributed by atoms with Gasteiger partial charge in [-0.05, 0) is 13.8 Å². The molecule has 60 valence electrons. The van der Waals surface area contributed by atoms with Crippen molar-refractivity contribution in [1.82, 2.24) is 4.98 Å². The molecule has 1 heterocycles. The average molecular weight is 191 g/mol. The predicted molar refractivity (Wildman–Crippen MR) is 48.1 cm³/mol. The minimum atomic E-state index is 0.373. The van der Waals surface area contributed by atoms with E-state index in [0.29, 0.717) is 16.0 Å². The summed E-state index contributed by atoms with van der Waals surface area (Å²) in [5.41, 5.74) is 7.87. The van der Waals surface area contributed by atoms with Crippen LogP contribution in [-0.2, 0) is 0 Å². The van der Waals surface area contributed by atoms with Gasteiger partial charge in [-0.2, -0.15) is 0 Å². The maximum atomic E-state index is 5.72. The van der Waals surface area contributed by atoms with E-state index in [1.54, 1.807) is 0 Å². The number of hydrogen-bond acceptors (Lipinski definition) is 2. The van der Waals surface area contributed by atoms with Crippen LogP contribution in [0.4, 0.5) is 5.69 Å². The number of nitrogen functional groups attached to an aromatic ring is 1. The largest absolute Gasteiger partial charge is 0.398 e. The Morgan fingerprint density at radius 3 is 1.82 bits per heavy atom. The number of rotatable bonds is 0. The second-order valence-electron chi connectivity index (χ2n) is 2.36. The fraction of sp³-hybridized carbons (Fsp3) is 0.286. The fourth-order valence-electron chi connectivity index (χ4n) is 0.757. The minimum absolute atomic E-state index is 0.373. The molecule has 0 aliphatic carbocycles. The number of pyridine rings is 1. The number of nitrogens with zero attached hydrogens (tertiary/aromatic N) is 1. The molecular formula is C7H8Cl2N2. The lowest BCUT2D eigenvalue weighted by molar-refractivity contribution is 1.23.